The van der Waals surface area contributed by atoms with Gasteiger partial charge in [-0.15, -0.1) is 0 Å². The fraction of sp³-hybridized carbons (Fsp3) is 0.800. The van der Waals surface area contributed by atoms with Gasteiger partial charge in [0.15, 0.2) is 0 Å². The average molecular weight is 135 g/mol. The van der Waals surface area contributed by atoms with Crippen LogP contribution in [-0.4, -0.2) is 18.4 Å². The zero-order valence-corrected chi connectivity index (χ0v) is 4.73. The smallest absolute Gasteiger partial charge is 0.267 e. The van der Waals surface area contributed by atoms with Gasteiger partial charge in [-0.1, -0.05) is 0 Å². The Morgan fingerprint density at radius 3 is 2.44 bits per heavy atom. The summed E-state index contributed by atoms with van der Waals surface area (Å²) in [7, 11) is 0. The van der Waals surface area contributed by atoms with Crippen LogP contribution in [0.2, 0.25) is 0 Å². The Labute approximate surface area is 51.2 Å². The summed E-state index contributed by atoms with van der Waals surface area (Å²) in [4.78, 5) is 9.65. The van der Waals surface area contributed by atoms with E-state index in [-0.39, 0.29) is 6.42 Å². The van der Waals surface area contributed by atoms with Gasteiger partial charge >= 0.3 is 0 Å². The minimum Gasteiger partial charge on any atom is -0.350 e. The number of alkyl halides is 2. The first-order chi connectivity index (χ1) is 4.17. The topological polar surface area (TPSA) is 29.1 Å². The van der Waals surface area contributed by atoms with Crippen LogP contribution in [0, 0.1) is 0 Å². The highest BCUT2D eigenvalue weighted by Gasteiger charge is 2.47. The van der Waals surface area contributed by atoms with Gasteiger partial charge in [-0.25, -0.2) is 8.78 Å². The van der Waals surface area contributed by atoms with Crippen LogP contribution in [0.3, 0.4) is 0 Å². The van der Waals surface area contributed by atoms with Crippen LogP contribution in [0.15, 0.2) is 0 Å². The molecule has 1 aliphatic rings. The molecule has 0 spiro atoms. The Balaban J connectivity index is 2.36. The number of halogens is 2. The molecular formula is C5H7F2NO. The summed E-state index contributed by atoms with van der Waals surface area (Å²) in [6.07, 6.45) is 0.613. The zero-order valence-electron chi connectivity index (χ0n) is 4.73. The number of carbonyl (C=O) groups is 1. The molecule has 1 unspecified atom stereocenters. The molecule has 0 aromatic heterocycles. The van der Waals surface area contributed by atoms with Crippen molar-refractivity contribution in [2.24, 2.45) is 0 Å². The molecule has 0 bridgehead atoms. The number of hydrogen-bond donors (Lipinski definition) is 1. The molecule has 1 rings (SSSR count). The maximum absolute atomic E-state index is 12.2. The molecule has 0 radical (unpaired) electrons. The van der Waals surface area contributed by atoms with Gasteiger partial charge in [0, 0.05) is 6.42 Å². The van der Waals surface area contributed by atoms with E-state index in [1.54, 1.807) is 0 Å². The standard InChI is InChI=1S/C5H7F2NO/c6-5(7)2-1-4(5)8-3-9/h3-4H,1-2H2,(H,8,9). The van der Waals surface area contributed by atoms with Crippen molar-refractivity contribution in [2.45, 2.75) is 24.8 Å². The lowest BCUT2D eigenvalue weighted by atomic mass is 9.88. The van der Waals surface area contributed by atoms with Crippen LogP contribution < -0.4 is 5.32 Å². The molecule has 2 nitrogen and oxygen atoms in total. The summed E-state index contributed by atoms with van der Waals surface area (Å²) >= 11 is 0. The van der Waals surface area contributed by atoms with E-state index in [0.717, 1.165) is 0 Å². The Kier molecular flexibility index (Phi) is 1.38. The highest BCUT2D eigenvalue weighted by atomic mass is 19.3. The number of amides is 1. The van der Waals surface area contributed by atoms with Gasteiger partial charge in [0.2, 0.25) is 6.41 Å². The summed E-state index contributed by atoms with van der Waals surface area (Å²) in [5.41, 5.74) is 0. The molecule has 0 heterocycles. The van der Waals surface area contributed by atoms with Gasteiger partial charge in [-0.2, -0.15) is 0 Å². The van der Waals surface area contributed by atoms with Crippen LogP contribution >= 0.6 is 0 Å². The van der Waals surface area contributed by atoms with E-state index in [1.165, 1.54) is 0 Å². The quantitative estimate of drug-likeness (QED) is 0.550. The van der Waals surface area contributed by atoms with Crippen molar-refractivity contribution in [2.75, 3.05) is 0 Å². The first-order valence-corrected chi connectivity index (χ1v) is 2.74. The Morgan fingerprint density at radius 2 is 2.33 bits per heavy atom. The van der Waals surface area contributed by atoms with Gasteiger partial charge in [-0.05, 0) is 6.42 Å². The first kappa shape index (κ1) is 6.45. The van der Waals surface area contributed by atoms with Crippen molar-refractivity contribution in [3.8, 4) is 0 Å². The molecule has 0 aliphatic heterocycles. The Morgan fingerprint density at radius 1 is 1.67 bits per heavy atom. The third kappa shape index (κ3) is 1.01. The Hall–Kier alpha value is -0.670. The molecule has 4 heteroatoms. The maximum Gasteiger partial charge on any atom is 0.267 e. The lowest BCUT2D eigenvalue weighted by Gasteiger charge is -2.35. The number of rotatable bonds is 2. The summed E-state index contributed by atoms with van der Waals surface area (Å²) in [6, 6.07) is -0.907. The number of hydrogen-bond acceptors (Lipinski definition) is 1. The normalized spacial score (nSPS) is 30.7. The molecule has 0 aromatic rings. The van der Waals surface area contributed by atoms with Crippen LogP contribution in [0.5, 0.6) is 0 Å². The molecule has 1 amide bonds. The van der Waals surface area contributed by atoms with Gasteiger partial charge in [0.1, 0.15) is 0 Å². The lowest BCUT2D eigenvalue weighted by molar-refractivity contribution is -0.126. The summed E-state index contributed by atoms with van der Waals surface area (Å²) in [5.74, 6) is -2.65. The molecule has 1 aliphatic carbocycles. The summed E-state index contributed by atoms with van der Waals surface area (Å²) in [6.45, 7) is 0. The third-order valence-electron chi connectivity index (χ3n) is 1.55. The van der Waals surface area contributed by atoms with E-state index in [9.17, 15) is 13.6 Å². The fourth-order valence-corrected chi connectivity index (χ4v) is 0.794. The van der Waals surface area contributed by atoms with Crippen LogP contribution in [0.1, 0.15) is 12.8 Å². The van der Waals surface area contributed by atoms with E-state index in [2.05, 4.69) is 0 Å². The molecule has 0 saturated heterocycles. The van der Waals surface area contributed by atoms with Crippen molar-refractivity contribution in [1.29, 1.82) is 0 Å². The monoisotopic (exact) mass is 135 g/mol. The Bertz CT molecular complexity index is 126. The molecule has 9 heavy (non-hydrogen) atoms. The SMILES string of the molecule is O=CNC1CCC1(F)F. The molecule has 52 valence electrons. The molecule has 1 atom stereocenters. The fourth-order valence-electron chi connectivity index (χ4n) is 0.794. The van der Waals surface area contributed by atoms with Crippen LogP contribution in [0.4, 0.5) is 8.78 Å². The maximum atomic E-state index is 12.2. The van der Waals surface area contributed by atoms with Crippen LogP contribution in [-0.2, 0) is 4.79 Å². The highest BCUT2D eigenvalue weighted by molar-refractivity contribution is 5.47. The van der Waals surface area contributed by atoms with E-state index in [1.807, 2.05) is 5.32 Å². The van der Waals surface area contributed by atoms with Crippen molar-refractivity contribution in [1.82, 2.24) is 5.32 Å². The molecule has 1 saturated carbocycles. The minimum atomic E-state index is -2.65. The van der Waals surface area contributed by atoms with Crippen LogP contribution in [0.25, 0.3) is 0 Å². The molecular weight excluding hydrogens is 128 g/mol. The van der Waals surface area contributed by atoms with E-state index >= 15 is 0 Å². The van der Waals surface area contributed by atoms with E-state index in [0.29, 0.717) is 12.8 Å². The van der Waals surface area contributed by atoms with Crippen molar-refractivity contribution in [3.63, 3.8) is 0 Å². The van der Waals surface area contributed by atoms with Gasteiger partial charge in [0.25, 0.3) is 5.92 Å². The average Bonchev–Trinajstić information content (AvgIpc) is 1.81. The first-order valence-electron chi connectivity index (χ1n) is 2.74. The van der Waals surface area contributed by atoms with Crippen molar-refractivity contribution in [3.05, 3.63) is 0 Å². The largest absolute Gasteiger partial charge is 0.350 e. The molecule has 1 N–H and O–H groups in total. The molecule has 0 aromatic carbocycles. The predicted octanol–water partition coefficient (Wildman–Crippen LogP) is 0.530. The van der Waals surface area contributed by atoms with Gasteiger partial charge < -0.3 is 5.32 Å². The van der Waals surface area contributed by atoms with Gasteiger partial charge in [-0.3, -0.25) is 4.79 Å². The minimum absolute atomic E-state index is 0.0987. The zero-order chi connectivity index (χ0) is 6.91. The second kappa shape index (κ2) is 1.93. The third-order valence-corrected chi connectivity index (χ3v) is 1.55. The molecule has 1 fully saturated rings. The number of nitrogens with one attached hydrogen (secondary N) is 1. The number of carbonyl (C=O) groups excluding carboxylic acids is 1. The van der Waals surface area contributed by atoms with E-state index in [4.69, 9.17) is 0 Å². The van der Waals surface area contributed by atoms with Crippen molar-refractivity contribution >= 4 is 6.41 Å². The summed E-state index contributed by atoms with van der Waals surface area (Å²) in [5, 5.41) is 2.04. The second-order valence-electron chi connectivity index (χ2n) is 2.14. The second-order valence-corrected chi connectivity index (χ2v) is 2.14. The van der Waals surface area contributed by atoms with E-state index < -0.39 is 12.0 Å². The predicted molar refractivity (Wildman–Crippen MR) is 27.2 cm³/mol. The summed E-state index contributed by atoms with van der Waals surface area (Å²) < 4.78 is 24.3. The highest BCUT2D eigenvalue weighted by Crippen LogP contribution is 2.36. The van der Waals surface area contributed by atoms with Gasteiger partial charge in [0.05, 0.1) is 6.04 Å². The van der Waals surface area contributed by atoms with Crippen molar-refractivity contribution < 1.29 is 13.6 Å². The lowest BCUT2D eigenvalue weighted by Crippen LogP contribution is -2.52.